The number of rotatable bonds is 4. The molecule has 25 heavy (non-hydrogen) atoms. The van der Waals surface area contributed by atoms with Crippen LogP contribution in [0.3, 0.4) is 0 Å². The second-order valence-electron chi connectivity index (χ2n) is 5.36. The second-order valence-corrected chi connectivity index (χ2v) is 5.36. The highest BCUT2D eigenvalue weighted by Crippen LogP contribution is 2.41. The van der Waals surface area contributed by atoms with E-state index in [2.05, 4.69) is 19.8 Å². The Morgan fingerprint density at radius 2 is 2.04 bits per heavy atom. The predicted octanol–water partition coefficient (Wildman–Crippen LogP) is 2.97. The van der Waals surface area contributed by atoms with Gasteiger partial charge in [0.15, 0.2) is 17.2 Å². The topological polar surface area (TPSA) is 85.1 Å². The highest BCUT2D eigenvalue weighted by atomic mass is 19.3. The Morgan fingerprint density at radius 3 is 2.84 bits per heavy atom. The Morgan fingerprint density at radius 1 is 1.24 bits per heavy atom. The lowest BCUT2D eigenvalue weighted by atomic mass is 10.2. The average molecular weight is 347 g/mol. The molecular weight excluding hydrogens is 336 g/mol. The molecule has 0 bridgehead atoms. The van der Waals surface area contributed by atoms with Crippen molar-refractivity contribution in [2.24, 2.45) is 0 Å². The number of hydrogen-bond acceptors (Lipinski definition) is 5. The first-order valence-electron chi connectivity index (χ1n) is 7.25. The number of pyridine rings is 1. The molecule has 0 aliphatic carbocycles. The van der Waals surface area contributed by atoms with Crippen LogP contribution < -0.4 is 14.8 Å². The normalized spacial score (nSPS) is 14.6. The lowest BCUT2D eigenvalue weighted by Crippen LogP contribution is -2.25. The summed E-state index contributed by atoms with van der Waals surface area (Å²) in [5.74, 6) is -1.22. The molecule has 2 aromatic heterocycles. The largest absolute Gasteiger partial charge is 0.586 e. The summed E-state index contributed by atoms with van der Waals surface area (Å²) in [6, 6.07) is 7.67. The number of hydrogen-bond donors (Lipinski definition) is 2. The van der Waals surface area contributed by atoms with E-state index in [1.807, 2.05) is 0 Å². The number of alkyl halides is 2. The van der Waals surface area contributed by atoms with Crippen LogP contribution in [0.15, 0.2) is 42.7 Å². The first kappa shape index (κ1) is 15.2. The Hall–Kier alpha value is -3.36. The van der Waals surface area contributed by atoms with E-state index in [0.717, 1.165) is 0 Å². The van der Waals surface area contributed by atoms with Gasteiger partial charge >= 0.3 is 12.3 Å². The molecule has 0 radical (unpaired) electrons. The van der Waals surface area contributed by atoms with E-state index in [-0.39, 0.29) is 23.7 Å². The van der Waals surface area contributed by atoms with Crippen LogP contribution in [0.5, 0.6) is 11.5 Å². The van der Waals surface area contributed by atoms with Crippen LogP contribution in [-0.4, -0.2) is 26.8 Å². The van der Waals surface area contributed by atoms with E-state index in [0.29, 0.717) is 16.9 Å². The van der Waals surface area contributed by atoms with E-state index in [1.54, 1.807) is 24.4 Å². The Labute approximate surface area is 139 Å². The van der Waals surface area contributed by atoms with Crippen molar-refractivity contribution in [2.45, 2.75) is 12.8 Å². The Bertz CT molecular complexity index is 987. The van der Waals surface area contributed by atoms with Gasteiger partial charge in [0.25, 0.3) is 0 Å². The molecule has 128 valence electrons. The maximum Gasteiger partial charge on any atom is 0.586 e. The third-order valence-corrected chi connectivity index (χ3v) is 3.72. The smallest absolute Gasteiger partial charge is 0.476 e. The second kappa shape index (κ2) is 5.33. The summed E-state index contributed by atoms with van der Waals surface area (Å²) in [7, 11) is 0. The molecule has 9 heteroatoms. The monoisotopic (exact) mass is 347 g/mol. The van der Waals surface area contributed by atoms with Crippen molar-refractivity contribution in [1.82, 2.24) is 9.38 Å². The van der Waals surface area contributed by atoms with Gasteiger partial charge in [0.2, 0.25) is 0 Å². The molecule has 0 fully saturated rings. The van der Waals surface area contributed by atoms with Gasteiger partial charge in [-0.1, -0.05) is 6.07 Å². The van der Waals surface area contributed by atoms with Crippen molar-refractivity contribution in [3.05, 3.63) is 54.0 Å². The molecule has 3 heterocycles. The number of aromatic carboxylic acids is 1. The van der Waals surface area contributed by atoms with Crippen LogP contribution in [-0.2, 0) is 6.54 Å². The van der Waals surface area contributed by atoms with Gasteiger partial charge in [0, 0.05) is 18.9 Å². The fourth-order valence-electron chi connectivity index (χ4n) is 2.66. The molecule has 1 aromatic carbocycles. The Kier molecular flexibility index (Phi) is 3.24. The molecule has 7 nitrogen and oxygen atoms in total. The number of carbonyl (C=O) groups is 1. The maximum absolute atomic E-state index is 13.0. The number of fused-ring (bicyclic) bond motifs is 2. The van der Waals surface area contributed by atoms with E-state index in [4.69, 9.17) is 0 Å². The van der Waals surface area contributed by atoms with E-state index < -0.39 is 12.3 Å². The SMILES string of the molecule is O=C(O)c1c(NCc2ccc3c(c2)OC(F)(F)O3)ccc2nccn12. The van der Waals surface area contributed by atoms with Crippen LogP contribution in [0, 0.1) is 0 Å². The van der Waals surface area contributed by atoms with Gasteiger partial charge in [0.1, 0.15) is 5.65 Å². The molecule has 2 N–H and O–H groups in total. The number of benzene rings is 1. The number of aromatic nitrogens is 2. The van der Waals surface area contributed by atoms with E-state index >= 15 is 0 Å². The zero-order valence-electron chi connectivity index (χ0n) is 12.6. The zero-order valence-corrected chi connectivity index (χ0v) is 12.6. The number of carboxylic acids is 1. The first-order valence-corrected chi connectivity index (χ1v) is 7.25. The summed E-state index contributed by atoms with van der Waals surface area (Å²) >= 11 is 0. The van der Waals surface area contributed by atoms with Crippen molar-refractivity contribution in [3.8, 4) is 11.5 Å². The molecule has 0 saturated carbocycles. The highest BCUT2D eigenvalue weighted by Gasteiger charge is 2.43. The lowest BCUT2D eigenvalue weighted by molar-refractivity contribution is -0.286. The van der Waals surface area contributed by atoms with Crippen LogP contribution in [0.25, 0.3) is 5.65 Å². The van der Waals surface area contributed by atoms with Crippen molar-refractivity contribution in [3.63, 3.8) is 0 Å². The molecule has 1 aliphatic heterocycles. The number of imidazole rings is 1. The Balaban J connectivity index is 1.59. The van der Waals surface area contributed by atoms with Crippen LogP contribution >= 0.6 is 0 Å². The van der Waals surface area contributed by atoms with Gasteiger partial charge in [-0.2, -0.15) is 0 Å². The van der Waals surface area contributed by atoms with Gasteiger partial charge < -0.3 is 19.9 Å². The highest BCUT2D eigenvalue weighted by molar-refractivity contribution is 5.93. The van der Waals surface area contributed by atoms with Crippen LogP contribution in [0.1, 0.15) is 16.1 Å². The summed E-state index contributed by atoms with van der Waals surface area (Å²) in [5.41, 5.74) is 1.54. The molecule has 0 saturated heterocycles. The maximum atomic E-state index is 13.0. The van der Waals surface area contributed by atoms with Crippen molar-refractivity contribution in [2.75, 3.05) is 5.32 Å². The minimum absolute atomic E-state index is 0.0299. The van der Waals surface area contributed by atoms with Crippen molar-refractivity contribution < 1.29 is 28.2 Å². The number of nitrogens with one attached hydrogen (secondary N) is 1. The minimum atomic E-state index is -3.67. The van der Waals surface area contributed by atoms with E-state index in [9.17, 15) is 18.7 Å². The fraction of sp³-hybridized carbons (Fsp3) is 0.125. The van der Waals surface area contributed by atoms with Crippen LogP contribution in [0.4, 0.5) is 14.5 Å². The quantitative estimate of drug-likeness (QED) is 0.755. The standard InChI is InChI=1S/C16H11F2N3O4/c17-16(18)24-11-3-1-9(7-12(11)25-16)8-20-10-2-4-13-19-5-6-21(13)14(10)15(22)23/h1-7,20H,8H2,(H,22,23). The summed E-state index contributed by atoms with van der Waals surface area (Å²) in [6.07, 6.45) is -0.618. The van der Waals surface area contributed by atoms with Gasteiger partial charge in [-0.05, 0) is 29.8 Å². The molecule has 0 spiro atoms. The number of nitrogens with zero attached hydrogens (tertiary/aromatic N) is 2. The van der Waals surface area contributed by atoms with Crippen LogP contribution in [0.2, 0.25) is 0 Å². The average Bonchev–Trinajstić information content (AvgIpc) is 3.13. The number of carboxylic acid groups (broad SMARTS) is 1. The predicted molar refractivity (Wildman–Crippen MR) is 82.1 cm³/mol. The summed E-state index contributed by atoms with van der Waals surface area (Å²) in [5, 5.41) is 12.4. The molecule has 1 aliphatic rings. The number of halogens is 2. The molecule has 0 unspecified atom stereocenters. The zero-order chi connectivity index (χ0) is 17.6. The molecular formula is C16H11F2N3O4. The van der Waals surface area contributed by atoms with Gasteiger partial charge in [0.05, 0.1) is 5.69 Å². The first-order chi connectivity index (χ1) is 11.9. The number of anilines is 1. The van der Waals surface area contributed by atoms with Gasteiger partial charge in [-0.3, -0.25) is 4.40 Å². The molecule has 0 amide bonds. The summed E-state index contributed by atoms with van der Waals surface area (Å²) in [4.78, 5) is 15.6. The van der Waals surface area contributed by atoms with Gasteiger partial charge in [-0.25, -0.2) is 9.78 Å². The molecule has 4 rings (SSSR count). The summed E-state index contributed by atoms with van der Waals surface area (Å²) < 4.78 is 36.3. The molecule has 0 atom stereocenters. The molecule has 3 aromatic rings. The van der Waals surface area contributed by atoms with Gasteiger partial charge in [-0.15, -0.1) is 8.78 Å². The van der Waals surface area contributed by atoms with Crippen molar-refractivity contribution >= 4 is 17.3 Å². The fourth-order valence-corrected chi connectivity index (χ4v) is 2.66. The third-order valence-electron chi connectivity index (χ3n) is 3.72. The lowest BCUT2D eigenvalue weighted by Gasteiger charge is -2.11. The summed E-state index contributed by atoms with van der Waals surface area (Å²) in [6.45, 7) is 0.211. The minimum Gasteiger partial charge on any atom is -0.476 e. The van der Waals surface area contributed by atoms with E-state index in [1.165, 1.54) is 22.7 Å². The number of ether oxygens (including phenoxy) is 2. The third kappa shape index (κ3) is 2.69. The van der Waals surface area contributed by atoms with Crippen molar-refractivity contribution in [1.29, 1.82) is 0 Å².